The van der Waals surface area contributed by atoms with Gasteiger partial charge in [0.05, 0.1) is 23.5 Å². The molecule has 0 atom stereocenters. The van der Waals surface area contributed by atoms with Crippen LogP contribution in [0.25, 0.3) is 4.96 Å². The molecule has 0 spiro atoms. The van der Waals surface area contributed by atoms with Crippen LogP contribution in [0.1, 0.15) is 37.6 Å². The lowest BCUT2D eigenvalue weighted by atomic mass is 9.93. The Bertz CT molecular complexity index is 848. The molecule has 2 heterocycles. The Balaban J connectivity index is 1.89. The van der Waals surface area contributed by atoms with E-state index in [2.05, 4.69) is 36.9 Å². The molecule has 1 aromatic carbocycles. The van der Waals surface area contributed by atoms with E-state index in [1.165, 1.54) is 11.3 Å². The minimum atomic E-state index is -0.00183. The molecule has 112 valence electrons. The van der Waals surface area contributed by atoms with E-state index in [4.69, 9.17) is 10.00 Å². The lowest BCUT2D eigenvalue weighted by Gasteiger charge is -2.13. The van der Waals surface area contributed by atoms with Gasteiger partial charge in [-0.15, -0.1) is 5.10 Å². The van der Waals surface area contributed by atoms with E-state index >= 15 is 0 Å². The fraction of sp³-hybridized carbons (Fsp3) is 0.312. The minimum Gasteiger partial charge on any atom is -0.430 e. The highest BCUT2D eigenvalue weighted by Gasteiger charge is 2.19. The summed E-state index contributed by atoms with van der Waals surface area (Å²) in [6, 6.07) is 7.44. The number of imidazole rings is 1. The fourth-order valence-corrected chi connectivity index (χ4v) is 2.76. The van der Waals surface area contributed by atoms with Gasteiger partial charge in [0, 0.05) is 5.41 Å². The van der Waals surface area contributed by atoms with Gasteiger partial charge in [0.15, 0.2) is 0 Å². The van der Waals surface area contributed by atoms with Crippen LogP contribution in [0.3, 0.4) is 0 Å². The molecule has 0 unspecified atom stereocenters. The molecule has 0 saturated heterocycles. The van der Waals surface area contributed by atoms with Crippen LogP contribution in [0.5, 0.6) is 10.9 Å². The number of fused-ring (bicyclic) bond motifs is 1. The van der Waals surface area contributed by atoms with E-state index < -0.39 is 0 Å². The van der Waals surface area contributed by atoms with E-state index in [1.807, 2.05) is 13.1 Å². The maximum Gasteiger partial charge on any atom is 0.299 e. The average molecular weight is 312 g/mol. The normalized spacial score (nSPS) is 11.6. The first-order chi connectivity index (χ1) is 10.4. The molecule has 3 aromatic rings. The summed E-state index contributed by atoms with van der Waals surface area (Å²) in [4.78, 5) is 5.40. The van der Waals surface area contributed by atoms with Gasteiger partial charge < -0.3 is 4.74 Å². The van der Waals surface area contributed by atoms with Crippen molar-refractivity contribution < 1.29 is 4.74 Å². The summed E-state index contributed by atoms with van der Waals surface area (Å²) in [6.07, 6.45) is 1.93. The number of aromatic nitrogens is 3. The first kappa shape index (κ1) is 14.5. The topological polar surface area (TPSA) is 63.2 Å². The van der Waals surface area contributed by atoms with Crippen molar-refractivity contribution in [3.63, 3.8) is 0 Å². The zero-order chi connectivity index (χ0) is 15.9. The number of benzene rings is 1. The summed E-state index contributed by atoms with van der Waals surface area (Å²) in [5.74, 6) is 0.701. The molecule has 0 aliphatic rings. The molecule has 6 heteroatoms. The Morgan fingerprint density at radius 1 is 1.32 bits per heavy atom. The molecule has 0 aliphatic heterocycles. The van der Waals surface area contributed by atoms with Gasteiger partial charge in [-0.3, -0.25) is 0 Å². The summed E-state index contributed by atoms with van der Waals surface area (Å²) in [5.41, 5.74) is 2.53. The second-order valence-electron chi connectivity index (χ2n) is 6.17. The summed E-state index contributed by atoms with van der Waals surface area (Å²) in [7, 11) is 0. The minimum absolute atomic E-state index is 0.00183. The largest absolute Gasteiger partial charge is 0.430 e. The van der Waals surface area contributed by atoms with E-state index in [0.717, 1.165) is 16.2 Å². The smallest absolute Gasteiger partial charge is 0.299 e. The molecule has 0 aliphatic carbocycles. The maximum absolute atomic E-state index is 8.89. The van der Waals surface area contributed by atoms with Gasteiger partial charge in [0.1, 0.15) is 5.75 Å². The van der Waals surface area contributed by atoms with Gasteiger partial charge in [-0.1, -0.05) is 20.8 Å². The quantitative estimate of drug-likeness (QED) is 0.716. The van der Waals surface area contributed by atoms with Gasteiger partial charge >= 0.3 is 0 Å². The molecule has 22 heavy (non-hydrogen) atoms. The molecule has 3 rings (SSSR count). The predicted octanol–water partition coefficient (Wildman–Crippen LogP) is 4.06. The summed E-state index contributed by atoms with van der Waals surface area (Å²) in [6.45, 7) is 8.28. The SMILES string of the molecule is Cc1cc(C#N)ccc1Oc1nn2cc(C(C)(C)C)nc2s1. The second kappa shape index (κ2) is 5.11. The highest BCUT2D eigenvalue weighted by atomic mass is 32.1. The highest BCUT2D eigenvalue weighted by molar-refractivity contribution is 7.18. The summed E-state index contributed by atoms with van der Waals surface area (Å²) >= 11 is 1.40. The van der Waals surface area contributed by atoms with E-state index in [0.29, 0.717) is 16.5 Å². The number of aryl methyl sites for hydroxylation is 1. The van der Waals surface area contributed by atoms with E-state index in [-0.39, 0.29) is 5.41 Å². The van der Waals surface area contributed by atoms with Crippen molar-refractivity contribution in [1.82, 2.24) is 14.6 Å². The maximum atomic E-state index is 8.89. The molecule has 5 nitrogen and oxygen atoms in total. The lowest BCUT2D eigenvalue weighted by Crippen LogP contribution is -2.11. The third-order valence-corrected chi connectivity index (χ3v) is 4.09. The number of rotatable bonds is 2. The third-order valence-electron chi connectivity index (χ3n) is 3.29. The van der Waals surface area contributed by atoms with Crippen LogP contribution in [0, 0.1) is 18.3 Å². The van der Waals surface area contributed by atoms with Crippen molar-refractivity contribution in [2.75, 3.05) is 0 Å². The highest BCUT2D eigenvalue weighted by Crippen LogP contribution is 2.31. The van der Waals surface area contributed by atoms with E-state index in [1.54, 1.807) is 22.7 Å². The van der Waals surface area contributed by atoms with Crippen LogP contribution >= 0.6 is 11.3 Å². The van der Waals surface area contributed by atoms with Crippen molar-refractivity contribution in [3.8, 4) is 17.0 Å². The average Bonchev–Trinajstić information content (AvgIpc) is 2.98. The van der Waals surface area contributed by atoms with Crippen molar-refractivity contribution in [3.05, 3.63) is 41.2 Å². The monoisotopic (exact) mass is 312 g/mol. The molecular weight excluding hydrogens is 296 g/mol. The van der Waals surface area contributed by atoms with Crippen molar-refractivity contribution in [2.45, 2.75) is 33.1 Å². The van der Waals surface area contributed by atoms with Crippen LogP contribution in [-0.2, 0) is 5.41 Å². The van der Waals surface area contributed by atoms with Crippen LogP contribution in [-0.4, -0.2) is 14.6 Å². The fourth-order valence-electron chi connectivity index (χ4n) is 2.01. The van der Waals surface area contributed by atoms with Gasteiger partial charge in [-0.2, -0.15) is 5.26 Å². The Labute approximate surface area is 132 Å². The number of hydrogen-bond donors (Lipinski definition) is 0. The predicted molar refractivity (Wildman–Crippen MR) is 85.5 cm³/mol. The third kappa shape index (κ3) is 2.68. The number of nitriles is 1. The first-order valence-corrected chi connectivity index (χ1v) is 7.74. The van der Waals surface area contributed by atoms with Gasteiger partial charge in [0.2, 0.25) is 4.96 Å². The van der Waals surface area contributed by atoms with Gasteiger partial charge in [-0.25, -0.2) is 9.50 Å². The molecule has 0 N–H and O–H groups in total. The first-order valence-electron chi connectivity index (χ1n) is 6.92. The molecule has 0 radical (unpaired) electrons. The standard InChI is InChI=1S/C16H16N4OS/c1-10-7-11(8-17)5-6-12(10)21-15-19-20-9-13(16(2,3)4)18-14(20)22-15/h5-7,9H,1-4H3. The van der Waals surface area contributed by atoms with Crippen LogP contribution < -0.4 is 4.74 Å². The zero-order valence-electron chi connectivity index (χ0n) is 12.9. The summed E-state index contributed by atoms with van der Waals surface area (Å²) in [5, 5.41) is 13.8. The van der Waals surface area contributed by atoms with Crippen LogP contribution in [0.2, 0.25) is 0 Å². The number of nitrogens with zero attached hydrogens (tertiary/aromatic N) is 4. The van der Waals surface area contributed by atoms with Crippen LogP contribution in [0.4, 0.5) is 0 Å². The van der Waals surface area contributed by atoms with Gasteiger partial charge in [-0.05, 0) is 42.0 Å². The molecule has 2 aromatic heterocycles. The zero-order valence-corrected chi connectivity index (χ0v) is 13.7. The van der Waals surface area contributed by atoms with E-state index in [9.17, 15) is 0 Å². The van der Waals surface area contributed by atoms with Crippen molar-refractivity contribution >= 4 is 16.3 Å². The lowest BCUT2D eigenvalue weighted by molar-refractivity contribution is 0.466. The number of ether oxygens (including phenoxy) is 1. The molecule has 0 bridgehead atoms. The Morgan fingerprint density at radius 3 is 2.68 bits per heavy atom. The Morgan fingerprint density at radius 2 is 2.09 bits per heavy atom. The Hall–Kier alpha value is -2.39. The molecule has 0 amide bonds. The van der Waals surface area contributed by atoms with Crippen LogP contribution in [0.15, 0.2) is 24.4 Å². The molecule has 0 saturated carbocycles. The summed E-state index contributed by atoms with van der Waals surface area (Å²) < 4.78 is 7.56. The molecular formula is C16H16N4OS. The molecule has 0 fully saturated rings. The Kier molecular flexibility index (Phi) is 3.38. The van der Waals surface area contributed by atoms with Gasteiger partial charge in [0.25, 0.3) is 5.19 Å². The second-order valence-corrected chi connectivity index (χ2v) is 7.08. The van der Waals surface area contributed by atoms with Crippen molar-refractivity contribution in [2.24, 2.45) is 0 Å². The van der Waals surface area contributed by atoms with Crippen molar-refractivity contribution in [1.29, 1.82) is 5.26 Å². The number of hydrogen-bond acceptors (Lipinski definition) is 5.